The van der Waals surface area contributed by atoms with E-state index >= 15 is 0 Å². The number of hydrogen-bond acceptors (Lipinski definition) is 2. The van der Waals surface area contributed by atoms with E-state index < -0.39 is 6.04 Å². The SMILES string of the molecule is CC(C)[C@@H](NC(=O)Nc1ccccc1)C(=O)N1CCCCCC1. The Morgan fingerprint density at radius 1 is 1.00 bits per heavy atom. The Morgan fingerprint density at radius 3 is 2.17 bits per heavy atom. The van der Waals surface area contributed by atoms with E-state index in [-0.39, 0.29) is 17.9 Å². The third-order valence-corrected chi connectivity index (χ3v) is 4.17. The van der Waals surface area contributed by atoms with E-state index in [9.17, 15) is 9.59 Å². The minimum Gasteiger partial charge on any atom is -0.341 e. The Kier molecular flexibility index (Phi) is 6.44. The fourth-order valence-corrected chi connectivity index (χ4v) is 2.83. The highest BCUT2D eigenvalue weighted by Gasteiger charge is 2.28. The quantitative estimate of drug-likeness (QED) is 0.895. The first-order valence-electron chi connectivity index (χ1n) is 8.49. The van der Waals surface area contributed by atoms with E-state index in [1.54, 1.807) is 0 Å². The first-order valence-corrected chi connectivity index (χ1v) is 8.49. The second-order valence-electron chi connectivity index (χ2n) is 6.43. The van der Waals surface area contributed by atoms with Gasteiger partial charge in [0.2, 0.25) is 5.91 Å². The number of hydrogen-bond donors (Lipinski definition) is 2. The predicted molar refractivity (Wildman–Crippen MR) is 92.3 cm³/mol. The topological polar surface area (TPSA) is 61.4 Å². The maximum atomic E-state index is 12.8. The predicted octanol–water partition coefficient (Wildman–Crippen LogP) is 3.24. The lowest BCUT2D eigenvalue weighted by Crippen LogP contribution is -2.52. The summed E-state index contributed by atoms with van der Waals surface area (Å²) in [4.78, 5) is 26.9. The molecule has 0 spiro atoms. The largest absolute Gasteiger partial charge is 0.341 e. The lowest BCUT2D eigenvalue weighted by Gasteiger charge is -2.29. The average Bonchev–Trinajstić information content (AvgIpc) is 2.82. The number of amides is 3. The number of likely N-dealkylation sites (tertiary alicyclic amines) is 1. The van der Waals surface area contributed by atoms with Crippen molar-refractivity contribution in [1.82, 2.24) is 10.2 Å². The Balaban J connectivity index is 1.97. The van der Waals surface area contributed by atoms with Crippen molar-refractivity contribution < 1.29 is 9.59 Å². The van der Waals surface area contributed by atoms with Crippen molar-refractivity contribution in [3.63, 3.8) is 0 Å². The molecule has 1 saturated heterocycles. The zero-order valence-electron chi connectivity index (χ0n) is 14.0. The molecule has 1 aliphatic heterocycles. The summed E-state index contributed by atoms with van der Waals surface area (Å²) in [6.45, 7) is 5.51. The number of rotatable bonds is 4. The molecule has 126 valence electrons. The van der Waals surface area contributed by atoms with Crippen LogP contribution < -0.4 is 10.6 Å². The summed E-state index contributed by atoms with van der Waals surface area (Å²) in [5, 5.41) is 5.62. The summed E-state index contributed by atoms with van der Waals surface area (Å²) < 4.78 is 0. The zero-order chi connectivity index (χ0) is 16.7. The molecule has 1 aromatic carbocycles. The number of benzene rings is 1. The first kappa shape index (κ1) is 17.3. The number of carbonyl (C=O) groups is 2. The molecule has 0 aliphatic carbocycles. The van der Waals surface area contributed by atoms with E-state index in [4.69, 9.17) is 0 Å². The van der Waals surface area contributed by atoms with Crippen molar-refractivity contribution in [3.05, 3.63) is 30.3 Å². The van der Waals surface area contributed by atoms with E-state index in [2.05, 4.69) is 10.6 Å². The molecule has 1 aromatic rings. The molecule has 23 heavy (non-hydrogen) atoms. The van der Waals surface area contributed by atoms with Gasteiger partial charge in [0, 0.05) is 18.8 Å². The molecule has 1 heterocycles. The van der Waals surface area contributed by atoms with E-state index in [0.29, 0.717) is 0 Å². The molecular formula is C18H27N3O2. The fraction of sp³-hybridized carbons (Fsp3) is 0.556. The van der Waals surface area contributed by atoms with Crippen LogP contribution in [0.2, 0.25) is 0 Å². The van der Waals surface area contributed by atoms with Crippen LogP contribution in [-0.4, -0.2) is 36.0 Å². The highest BCUT2D eigenvalue weighted by molar-refractivity contribution is 5.93. The summed E-state index contributed by atoms with van der Waals surface area (Å²) >= 11 is 0. The van der Waals surface area contributed by atoms with Crippen molar-refractivity contribution in [1.29, 1.82) is 0 Å². The van der Waals surface area contributed by atoms with Crippen LogP contribution in [0, 0.1) is 5.92 Å². The van der Waals surface area contributed by atoms with E-state index in [1.807, 2.05) is 49.1 Å². The number of anilines is 1. The van der Waals surface area contributed by atoms with Gasteiger partial charge in [0.25, 0.3) is 0 Å². The van der Waals surface area contributed by atoms with Gasteiger partial charge in [-0.2, -0.15) is 0 Å². The Labute approximate surface area is 138 Å². The molecule has 2 rings (SSSR count). The van der Waals surface area contributed by atoms with Crippen molar-refractivity contribution in [3.8, 4) is 0 Å². The molecule has 1 fully saturated rings. The van der Waals surface area contributed by atoms with Crippen LogP contribution in [0.25, 0.3) is 0 Å². The first-order chi connectivity index (χ1) is 11.1. The number of carbonyl (C=O) groups excluding carboxylic acids is 2. The summed E-state index contributed by atoms with van der Waals surface area (Å²) in [5.74, 6) is 0.0809. The molecule has 5 heteroatoms. The third-order valence-electron chi connectivity index (χ3n) is 4.17. The molecule has 0 aromatic heterocycles. The second-order valence-corrected chi connectivity index (χ2v) is 6.43. The van der Waals surface area contributed by atoms with Crippen LogP contribution in [0.5, 0.6) is 0 Å². The van der Waals surface area contributed by atoms with Gasteiger partial charge in [0.1, 0.15) is 6.04 Å². The monoisotopic (exact) mass is 317 g/mol. The lowest BCUT2D eigenvalue weighted by molar-refractivity contribution is -0.134. The molecule has 1 aliphatic rings. The van der Waals surface area contributed by atoms with Gasteiger partial charge in [-0.25, -0.2) is 4.79 Å². The summed E-state index contributed by atoms with van der Waals surface area (Å²) in [6, 6.07) is 8.43. The number of para-hydroxylation sites is 1. The van der Waals surface area contributed by atoms with Gasteiger partial charge in [-0.05, 0) is 30.9 Å². The van der Waals surface area contributed by atoms with Gasteiger partial charge in [-0.15, -0.1) is 0 Å². The minimum absolute atomic E-state index is 0.0325. The highest BCUT2D eigenvalue weighted by atomic mass is 16.2. The maximum absolute atomic E-state index is 12.8. The van der Waals surface area contributed by atoms with E-state index in [0.717, 1.165) is 31.6 Å². The lowest BCUT2D eigenvalue weighted by atomic mass is 10.0. The molecule has 0 saturated carbocycles. The van der Waals surface area contributed by atoms with Gasteiger partial charge in [0.05, 0.1) is 0 Å². The Hall–Kier alpha value is -2.04. The fourth-order valence-electron chi connectivity index (χ4n) is 2.83. The molecule has 0 bridgehead atoms. The smallest absolute Gasteiger partial charge is 0.319 e. The summed E-state index contributed by atoms with van der Waals surface area (Å²) in [7, 11) is 0. The number of nitrogens with one attached hydrogen (secondary N) is 2. The van der Waals surface area contributed by atoms with Gasteiger partial charge in [-0.1, -0.05) is 44.9 Å². The van der Waals surface area contributed by atoms with Crippen molar-refractivity contribution in [2.24, 2.45) is 5.92 Å². The number of nitrogens with zero attached hydrogens (tertiary/aromatic N) is 1. The third kappa shape index (κ3) is 5.27. The molecule has 2 N–H and O–H groups in total. The summed E-state index contributed by atoms with van der Waals surface area (Å²) in [6.07, 6.45) is 4.45. The van der Waals surface area contributed by atoms with Crippen LogP contribution in [-0.2, 0) is 4.79 Å². The molecule has 1 atom stereocenters. The molecule has 0 radical (unpaired) electrons. The van der Waals surface area contributed by atoms with Crippen molar-refractivity contribution >= 4 is 17.6 Å². The van der Waals surface area contributed by atoms with Gasteiger partial charge in [-0.3, -0.25) is 4.79 Å². The highest BCUT2D eigenvalue weighted by Crippen LogP contribution is 2.14. The van der Waals surface area contributed by atoms with Gasteiger partial charge < -0.3 is 15.5 Å². The van der Waals surface area contributed by atoms with Crippen LogP contribution >= 0.6 is 0 Å². The normalized spacial score (nSPS) is 16.6. The Morgan fingerprint density at radius 2 is 1.61 bits per heavy atom. The molecular weight excluding hydrogens is 290 g/mol. The number of urea groups is 1. The Bertz CT molecular complexity index is 508. The van der Waals surface area contributed by atoms with Crippen molar-refractivity contribution in [2.75, 3.05) is 18.4 Å². The standard InChI is InChI=1S/C18H27N3O2/c1-14(2)16(17(22)21-12-8-3-4-9-13-21)20-18(23)19-15-10-6-5-7-11-15/h5-7,10-11,14,16H,3-4,8-9,12-13H2,1-2H3,(H2,19,20,23)/t16-/m1/s1. The van der Waals surface area contributed by atoms with Crippen LogP contribution in [0.15, 0.2) is 30.3 Å². The van der Waals surface area contributed by atoms with Gasteiger partial charge >= 0.3 is 6.03 Å². The molecule has 5 nitrogen and oxygen atoms in total. The molecule has 3 amide bonds. The average molecular weight is 317 g/mol. The van der Waals surface area contributed by atoms with Crippen molar-refractivity contribution in [2.45, 2.75) is 45.6 Å². The zero-order valence-corrected chi connectivity index (χ0v) is 14.0. The summed E-state index contributed by atoms with van der Waals surface area (Å²) in [5.41, 5.74) is 0.717. The van der Waals surface area contributed by atoms with Crippen LogP contribution in [0.1, 0.15) is 39.5 Å². The van der Waals surface area contributed by atoms with Gasteiger partial charge in [0.15, 0.2) is 0 Å². The minimum atomic E-state index is -0.489. The van der Waals surface area contributed by atoms with Crippen LogP contribution in [0.3, 0.4) is 0 Å². The second kappa shape index (κ2) is 8.56. The maximum Gasteiger partial charge on any atom is 0.319 e. The molecule has 0 unspecified atom stereocenters. The van der Waals surface area contributed by atoms with E-state index in [1.165, 1.54) is 12.8 Å². The van der Waals surface area contributed by atoms with Crippen LogP contribution in [0.4, 0.5) is 10.5 Å².